The highest BCUT2D eigenvalue weighted by Crippen LogP contribution is 2.33. The maximum Gasteiger partial charge on any atom is 0.00703 e. The molecule has 0 spiro atoms. The van der Waals surface area contributed by atoms with Crippen LogP contribution < -0.4 is 5.73 Å². The molecule has 3 rings (SSSR count). The molecule has 0 amide bonds. The van der Waals surface area contributed by atoms with Crippen LogP contribution in [0.5, 0.6) is 0 Å². The summed E-state index contributed by atoms with van der Waals surface area (Å²) in [6.07, 6.45) is 9.00. The molecular weight excluding hydrogens is 194 g/mol. The van der Waals surface area contributed by atoms with Gasteiger partial charge in [0.05, 0.1) is 0 Å². The molecule has 1 heteroatoms. The molecule has 1 unspecified atom stereocenters. The summed E-state index contributed by atoms with van der Waals surface area (Å²) in [5, 5.41) is 0. The normalized spacial score (nSPS) is 20.8. The van der Waals surface area contributed by atoms with E-state index in [1.165, 1.54) is 50.5 Å². The molecule has 1 aromatic carbocycles. The Morgan fingerprint density at radius 2 is 2.00 bits per heavy atom. The van der Waals surface area contributed by atoms with Gasteiger partial charge in [-0.25, -0.2) is 0 Å². The van der Waals surface area contributed by atoms with Crippen LogP contribution in [-0.4, -0.2) is 6.04 Å². The number of benzene rings is 1. The summed E-state index contributed by atoms with van der Waals surface area (Å²) >= 11 is 0. The van der Waals surface area contributed by atoms with Gasteiger partial charge < -0.3 is 5.73 Å². The Labute approximate surface area is 98.0 Å². The predicted octanol–water partition coefficient (Wildman–Crippen LogP) is 2.85. The summed E-state index contributed by atoms with van der Waals surface area (Å²) in [7, 11) is 0. The highest BCUT2D eigenvalue weighted by atomic mass is 14.7. The predicted molar refractivity (Wildman–Crippen MR) is 67.5 cm³/mol. The molecule has 86 valence electrons. The van der Waals surface area contributed by atoms with E-state index >= 15 is 0 Å². The third kappa shape index (κ3) is 2.15. The van der Waals surface area contributed by atoms with E-state index in [-0.39, 0.29) is 0 Å². The fraction of sp³-hybridized carbons (Fsp3) is 0.600. The lowest BCUT2D eigenvalue weighted by molar-refractivity contribution is 0.550. The van der Waals surface area contributed by atoms with Gasteiger partial charge in [0.15, 0.2) is 0 Å². The first kappa shape index (κ1) is 10.3. The van der Waals surface area contributed by atoms with Crippen LogP contribution in [0, 0.1) is 5.92 Å². The zero-order valence-corrected chi connectivity index (χ0v) is 9.91. The van der Waals surface area contributed by atoms with Crippen LogP contribution in [0.25, 0.3) is 0 Å². The van der Waals surface area contributed by atoms with Crippen LogP contribution in [0.15, 0.2) is 18.2 Å². The third-order valence-corrected chi connectivity index (χ3v) is 4.16. The number of hydrogen-bond acceptors (Lipinski definition) is 1. The van der Waals surface area contributed by atoms with Gasteiger partial charge in [-0.1, -0.05) is 18.2 Å². The van der Waals surface area contributed by atoms with Gasteiger partial charge in [-0.15, -0.1) is 0 Å². The molecule has 0 saturated heterocycles. The molecule has 2 N–H and O–H groups in total. The van der Waals surface area contributed by atoms with Crippen molar-refractivity contribution in [2.75, 3.05) is 0 Å². The second-order valence-electron chi connectivity index (χ2n) is 5.50. The minimum atomic E-state index is 0.452. The Kier molecular flexibility index (Phi) is 2.72. The molecule has 0 radical (unpaired) electrons. The summed E-state index contributed by atoms with van der Waals surface area (Å²) in [5.41, 5.74) is 10.8. The standard InChI is InChI=1S/C15H21N/c16-15(13-7-8-13)9-5-11-4-6-12-2-1-3-14(12)10-11/h4,6,10,13,15H,1-3,5,7-9,16H2. The van der Waals surface area contributed by atoms with Gasteiger partial charge in [0, 0.05) is 6.04 Å². The highest BCUT2D eigenvalue weighted by molar-refractivity contribution is 5.35. The van der Waals surface area contributed by atoms with Crippen LogP contribution in [0.3, 0.4) is 0 Å². The van der Waals surface area contributed by atoms with E-state index in [1.54, 1.807) is 11.1 Å². The van der Waals surface area contributed by atoms with Gasteiger partial charge in [0.25, 0.3) is 0 Å². The zero-order valence-electron chi connectivity index (χ0n) is 9.91. The average molecular weight is 215 g/mol. The van der Waals surface area contributed by atoms with Gasteiger partial charge in [-0.05, 0) is 67.6 Å². The maximum atomic E-state index is 6.14. The van der Waals surface area contributed by atoms with Crippen molar-refractivity contribution < 1.29 is 0 Å². The summed E-state index contributed by atoms with van der Waals surface area (Å²) < 4.78 is 0. The average Bonchev–Trinajstić information content (AvgIpc) is 3.04. The fourth-order valence-corrected chi connectivity index (χ4v) is 2.87. The highest BCUT2D eigenvalue weighted by Gasteiger charge is 2.27. The molecule has 0 aromatic heterocycles. The second kappa shape index (κ2) is 4.21. The summed E-state index contributed by atoms with van der Waals surface area (Å²) in [4.78, 5) is 0. The first-order chi connectivity index (χ1) is 7.83. The van der Waals surface area contributed by atoms with Crippen LogP contribution >= 0.6 is 0 Å². The quantitative estimate of drug-likeness (QED) is 0.821. The van der Waals surface area contributed by atoms with E-state index < -0.39 is 0 Å². The van der Waals surface area contributed by atoms with Gasteiger partial charge in [-0.2, -0.15) is 0 Å². The number of rotatable bonds is 4. The lowest BCUT2D eigenvalue weighted by Crippen LogP contribution is -2.22. The topological polar surface area (TPSA) is 26.0 Å². The van der Waals surface area contributed by atoms with Crippen molar-refractivity contribution in [2.24, 2.45) is 11.7 Å². The van der Waals surface area contributed by atoms with Crippen molar-refractivity contribution >= 4 is 0 Å². The monoisotopic (exact) mass is 215 g/mol. The van der Waals surface area contributed by atoms with E-state index in [4.69, 9.17) is 5.73 Å². The molecule has 1 nitrogen and oxygen atoms in total. The van der Waals surface area contributed by atoms with Gasteiger partial charge in [0.2, 0.25) is 0 Å². The zero-order chi connectivity index (χ0) is 11.0. The van der Waals surface area contributed by atoms with Gasteiger partial charge >= 0.3 is 0 Å². The van der Waals surface area contributed by atoms with Crippen LogP contribution in [-0.2, 0) is 19.3 Å². The Morgan fingerprint density at radius 3 is 2.81 bits per heavy atom. The van der Waals surface area contributed by atoms with E-state index in [0.717, 1.165) is 5.92 Å². The van der Waals surface area contributed by atoms with Crippen molar-refractivity contribution in [2.45, 2.75) is 51.0 Å². The molecule has 1 aromatic rings. The molecule has 16 heavy (non-hydrogen) atoms. The maximum absolute atomic E-state index is 6.14. The van der Waals surface area contributed by atoms with Crippen LogP contribution in [0.4, 0.5) is 0 Å². The van der Waals surface area contributed by atoms with Crippen molar-refractivity contribution in [3.63, 3.8) is 0 Å². The smallest absolute Gasteiger partial charge is 0.00703 e. The van der Waals surface area contributed by atoms with E-state index in [0.29, 0.717) is 6.04 Å². The van der Waals surface area contributed by atoms with Crippen LogP contribution in [0.2, 0.25) is 0 Å². The second-order valence-corrected chi connectivity index (χ2v) is 5.50. The van der Waals surface area contributed by atoms with E-state index in [1.807, 2.05) is 0 Å². The molecular formula is C15H21N. The first-order valence-corrected chi connectivity index (χ1v) is 6.69. The summed E-state index contributed by atoms with van der Waals surface area (Å²) in [5.74, 6) is 0.842. The third-order valence-electron chi connectivity index (χ3n) is 4.16. The summed E-state index contributed by atoms with van der Waals surface area (Å²) in [6.45, 7) is 0. The van der Waals surface area contributed by atoms with E-state index in [2.05, 4.69) is 18.2 Å². The SMILES string of the molecule is NC(CCc1ccc2c(c1)CCC2)C1CC1. The first-order valence-electron chi connectivity index (χ1n) is 6.69. The number of hydrogen-bond donors (Lipinski definition) is 1. The lowest BCUT2D eigenvalue weighted by atomic mass is 9.99. The molecule has 0 heterocycles. The Morgan fingerprint density at radius 1 is 1.19 bits per heavy atom. The Bertz CT molecular complexity index is 379. The molecule has 0 aliphatic heterocycles. The van der Waals surface area contributed by atoms with Crippen molar-refractivity contribution in [1.29, 1.82) is 0 Å². The molecule has 1 saturated carbocycles. The van der Waals surface area contributed by atoms with Crippen LogP contribution in [0.1, 0.15) is 42.4 Å². The molecule has 0 bridgehead atoms. The number of aryl methyl sites for hydroxylation is 3. The van der Waals surface area contributed by atoms with Gasteiger partial charge in [-0.3, -0.25) is 0 Å². The van der Waals surface area contributed by atoms with Crippen molar-refractivity contribution in [3.8, 4) is 0 Å². The fourth-order valence-electron chi connectivity index (χ4n) is 2.87. The molecule has 2 aliphatic rings. The summed E-state index contributed by atoms with van der Waals surface area (Å²) in [6, 6.07) is 7.51. The number of fused-ring (bicyclic) bond motifs is 1. The minimum absolute atomic E-state index is 0.452. The Hall–Kier alpha value is -0.820. The van der Waals surface area contributed by atoms with Crippen molar-refractivity contribution in [1.82, 2.24) is 0 Å². The van der Waals surface area contributed by atoms with Crippen molar-refractivity contribution in [3.05, 3.63) is 34.9 Å². The Balaban J connectivity index is 1.61. The lowest BCUT2D eigenvalue weighted by Gasteiger charge is -2.10. The van der Waals surface area contributed by atoms with Gasteiger partial charge in [0.1, 0.15) is 0 Å². The minimum Gasteiger partial charge on any atom is -0.327 e. The molecule has 2 aliphatic carbocycles. The molecule has 1 atom stereocenters. The molecule has 1 fully saturated rings. The number of nitrogens with two attached hydrogens (primary N) is 1. The largest absolute Gasteiger partial charge is 0.327 e. The van der Waals surface area contributed by atoms with E-state index in [9.17, 15) is 0 Å².